The van der Waals surface area contributed by atoms with Crippen LogP contribution < -0.4 is 16.0 Å². The van der Waals surface area contributed by atoms with Gasteiger partial charge in [0.05, 0.1) is 44.4 Å². The lowest BCUT2D eigenvalue weighted by molar-refractivity contribution is -0.136. The number of carbonyl (C=O) groups excluding carboxylic acids is 3. The SMILES string of the molecule is C=C(N)OC.CC.COC(=O)NC(C(=O)N1CC(F)(F)CC1c1ncc(-c2cnc(-c3ccc(-c4c[nH][pH]4)cc3)nc2)[nH]1)C(C)C.O=C1CCCc2cccc3c2N1CC3. The van der Waals surface area contributed by atoms with Crippen molar-refractivity contribution in [2.24, 2.45) is 11.7 Å². The maximum atomic E-state index is 14.5. The van der Waals surface area contributed by atoms with E-state index in [1.807, 2.05) is 49.2 Å². The van der Waals surface area contributed by atoms with Gasteiger partial charge in [-0.15, -0.1) is 0 Å². The van der Waals surface area contributed by atoms with Gasteiger partial charge in [-0.2, -0.15) is 0 Å². The molecule has 8 rings (SSSR count). The highest BCUT2D eigenvalue weighted by molar-refractivity contribution is 7.30. The second-order valence-electron chi connectivity index (χ2n) is 14.5. The maximum absolute atomic E-state index is 14.5. The molecule has 320 valence electrons. The van der Waals surface area contributed by atoms with Gasteiger partial charge < -0.3 is 40.1 Å². The van der Waals surface area contributed by atoms with Crippen molar-refractivity contribution < 1.29 is 32.6 Å². The fourth-order valence-electron chi connectivity index (χ4n) is 7.09. The molecule has 6 heterocycles. The summed E-state index contributed by atoms with van der Waals surface area (Å²) in [7, 11) is 3.26. The first kappa shape index (κ1) is 45.1. The number of anilines is 1. The van der Waals surface area contributed by atoms with Gasteiger partial charge in [-0.1, -0.05) is 78.5 Å². The highest BCUT2D eigenvalue weighted by Gasteiger charge is 2.50. The van der Waals surface area contributed by atoms with Crippen LogP contribution in [0.1, 0.15) is 70.0 Å². The zero-order chi connectivity index (χ0) is 43.6. The minimum atomic E-state index is -3.10. The number of methoxy groups -OCH3 is 2. The second-order valence-corrected chi connectivity index (χ2v) is 15.6. The number of ether oxygens (including phenoxy) is 2. The molecule has 3 aliphatic heterocycles. The van der Waals surface area contributed by atoms with Crippen LogP contribution in [0.3, 0.4) is 0 Å². The number of para-hydroxylation sites is 1. The first-order valence-corrected chi connectivity index (χ1v) is 20.9. The van der Waals surface area contributed by atoms with Crippen LogP contribution in [0.5, 0.6) is 0 Å². The van der Waals surface area contributed by atoms with Gasteiger partial charge in [0, 0.05) is 54.4 Å². The Morgan fingerprint density at radius 3 is 2.18 bits per heavy atom. The Hall–Kier alpha value is -6.02. The van der Waals surface area contributed by atoms with E-state index in [1.165, 1.54) is 42.5 Å². The van der Waals surface area contributed by atoms with E-state index in [4.69, 9.17) is 5.73 Å². The monoisotopic (exact) mass is 845 g/mol. The molecule has 0 saturated carbocycles. The number of aromatic amines is 2. The molecule has 0 aliphatic carbocycles. The Labute approximate surface area is 350 Å². The van der Waals surface area contributed by atoms with Crippen molar-refractivity contribution in [3.05, 3.63) is 96.7 Å². The number of nitrogens with zero attached hydrogens (tertiary/aromatic N) is 5. The van der Waals surface area contributed by atoms with Crippen molar-refractivity contribution in [3.63, 3.8) is 0 Å². The predicted molar refractivity (Wildman–Crippen MR) is 230 cm³/mol. The molecular formula is C43H54F2N9O5P. The highest BCUT2D eigenvalue weighted by Crippen LogP contribution is 2.41. The Bertz CT molecular complexity index is 2210. The van der Waals surface area contributed by atoms with Gasteiger partial charge in [0.25, 0.3) is 5.92 Å². The Morgan fingerprint density at radius 2 is 1.60 bits per heavy atom. The number of hydrogen-bond donors (Lipinski definition) is 4. The first-order chi connectivity index (χ1) is 28.8. The number of carbonyl (C=O) groups is 3. The minimum Gasteiger partial charge on any atom is -0.483 e. The van der Waals surface area contributed by atoms with Crippen LogP contribution in [0, 0.1) is 5.92 Å². The molecule has 1 saturated heterocycles. The fraction of sp³-hybridized carbons (Fsp3) is 0.395. The molecule has 3 aromatic heterocycles. The topological polar surface area (TPSA) is 184 Å². The predicted octanol–water partition coefficient (Wildman–Crippen LogP) is 7.85. The van der Waals surface area contributed by atoms with Crippen LogP contribution in [0.4, 0.5) is 19.3 Å². The lowest BCUT2D eigenvalue weighted by Gasteiger charge is -2.29. The molecule has 3 atom stereocenters. The van der Waals surface area contributed by atoms with E-state index in [0.717, 1.165) is 41.8 Å². The number of halogens is 2. The summed E-state index contributed by atoms with van der Waals surface area (Å²) in [5.74, 6) is -2.74. The van der Waals surface area contributed by atoms with Gasteiger partial charge in [-0.25, -0.2) is 28.5 Å². The number of hydrogen-bond acceptors (Lipinski definition) is 9. The van der Waals surface area contributed by atoms with E-state index in [9.17, 15) is 23.2 Å². The normalized spacial score (nSPS) is 16.6. The lowest BCUT2D eigenvalue weighted by Crippen LogP contribution is -2.51. The Morgan fingerprint density at radius 1 is 0.967 bits per heavy atom. The van der Waals surface area contributed by atoms with Crippen LogP contribution in [0.25, 0.3) is 33.5 Å². The van der Waals surface area contributed by atoms with Crippen LogP contribution >= 0.6 is 8.35 Å². The number of alkyl halides is 2. The third-order valence-electron chi connectivity index (χ3n) is 10.2. The summed E-state index contributed by atoms with van der Waals surface area (Å²) in [5, 5.41) is 3.73. The summed E-state index contributed by atoms with van der Waals surface area (Å²) >= 11 is 0. The third kappa shape index (κ3) is 10.8. The van der Waals surface area contributed by atoms with E-state index in [0.29, 0.717) is 37.8 Å². The van der Waals surface area contributed by atoms with E-state index in [1.54, 1.807) is 26.2 Å². The molecule has 1 fully saturated rings. The quantitative estimate of drug-likeness (QED) is 0.113. The molecule has 3 aliphatic rings. The molecule has 5 aromatic rings. The zero-order valence-electron chi connectivity index (χ0n) is 34.9. The van der Waals surface area contributed by atoms with Crippen molar-refractivity contribution >= 4 is 31.9 Å². The van der Waals surface area contributed by atoms with E-state index >= 15 is 0 Å². The van der Waals surface area contributed by atoms with E-state index in [-0.39, 0.29) is 17.6 Å². The highest BCUT2D eigenvalue weighted by atomic mass is 31.0. The number of H-pyrrole nitrogens is 2. The molecule has 14 nitrogen and oxygen atoms in total. The number of alkyl carbamates (subject to hydrolysis) is 1. The van der Waals surface area contributed by atoms with Gasteiger partial charge >= 0.3 is 6.09 Å². The third-order valence-corrected chi connectivity index (χ3v) is 11.2. The summed E-state index contributed by atoms with van der Waals surface area (Å²) < 4.78 is 41.1. The van der Waals surface area contributed by atoms with Crippen molar-refractivity contribution in [2.45, 2.75) is 77.8 Å². The number of imidazole rings is 1. The van der Waals surface area contributed by atoms with E-state index < -0.39 is 43.0 Å². The molecule has 3 amide bonds. The largest absolute Gasteiger partial charge is 0.483 e. The van der Waals surface area contributed by atoms with E-state index in [2.05, 4.69) is 64.3 Å². The molecule has 0 radical (unpaired) electrons. The smallest absolute Gasteiger partial charge is 0.407 e. The second kappa shape index (κ2) is 20.3. The average Bonchev–Trinajstić information content (AvgIpc) is 3.95. The number of likely N-dealkylation sites (tertiary alicyclic amines) is 1. The number of benzene rings is 2. The molecule has 5 N–H and O–H groups in total. The Balaban J connectivity index is 0.000000265. The number of amides is 3. The summed E-state index contributed by atoms with van der Waals surface area (Å²) in [6.45, 7) is 10.8. The Kier molecular flexibility index (Phi) is 15.2. The van der Waals surface area contributed by atoms with Crippen LogP contribution in [0.2, 0.25) is 0 Å². The molecule has 0 spiro atoms. The fourth-order valence-corrected chi connectivity index (χ4v) is 7.69. The van der Waals surface area contributed by atoms with Gasteiger partial charge in [-0.3, -0.25) is 9.59 Å². The van der Waals surface area contributed by atoms with Crippen LogP contribution in [-0.2, 0) is 31.9 Å². The number of aromatic nitrogens is 5. The van der Waals surface area contributed by atoms with Gasteiger partial charge in [0.15, 0.2) is 11.7 Å². The first-order valence-electron chi connectivity index (χ1n) is 19.9. The summed E-state index contributed by atoms with van der Waals surface area (Å²) in [6.07, 6.45) is 9.19. The number of nitrogens with one attached hydrogen (secondary N) is 3. The molecule has 60 heavy (non-hydrogen) atoms. The van der Waals surface area contributed by atoms with Crippen molar-refractivity contribution in [1.29, 1.82) is 0 Å². The molecule has 17 heteroatoms. The molecule has 2 aromatic carbocycles. The molecule has 0 bridgehead atoms. The molecule has 3 unspecified atom stereocenters. The summed E-state index contributed by atoms with van der Waals surface area (Å²) in [5.41, 5.74) is 12.0. The summed E-state index contributed by atoms with van der Waals surface area (Å²) in [6, 6.07) is 12.4. The minimum absolute atomic E-state index is 0.219. The number of nitrogens with two attached hydrogens (primary N) is 1. The summed E-state index contributed by atoms with van der Waals surface area (Å²) in [4.78, 5) is 56.2. The van der Waals surface area contributed by atoms with Crippen molar-refractivity contribution in [2.75, 3.05) is 32.2 Å². The zero-order valence-corrected chi connectivity index (χ0v) is 35.9. The molecular weight excluding hydrogens is 792 g/mol. The van der Waals surface area contributed by atoms with Gasteiger partial charge in [0.2, 0.25) is 11.8 Å². The van der Waals surface area contributed by atoms with Crippen molar-refractivity contribution in [1.82, 2.24) is 34.9 Å². The standard InChI is InChI=1S/C26H28F2N7O3P.C12H13NO.C3H7NO.C2H6/c1-14(2)21(34-25(37)38-3)24(36)35-13-26(27,28)8-19(35)23-31-11-18(33-23)17-9-29-22(30-10-17)16-6-4-15(5-7-16)20-12-32-39-20;14-11-6-2-5-9-3-1-4-10-7-8-13(11)12(9)10;1-3(4)5-2;1-2/h4-7,9-12,14,19,21,32,39H,8,13H2,1-3H3,(H,31,33)(H,34,37);1,3-4H,2,5-8H2;1,4H2,2H3;1-2H3. The maximum Gasteiger partial charge on any atom is 0.407 e. The van der Waals surface area contributed by atoms with Gasteiger partial charge in [0.1, 0.15) is 11.9 Å². The van der Waals surface area contributed by atoms with Crippen LogP contribution in [0.15, 0.2) is 79.7 Å². The van der Waals surface area contributed by atoms with Gasteiger partial charge in [-0.05, 0) is 48.4 Å². The van der Waals surface area contributed by atoms with Crippen molar-refractivity contribution in [3.8, 4) is 33.5 Å². The average molecular weight is 846 g/mol. The number of aryl methyl sites for hydroxylation is 1. The van der Waals surface area contributed by atoms with Crippen LogP contribution in [-0.4, -0.2) is 86.8 Å². The number of rotatable bonds is 8. The lowest BCUT2D eigenvalue weighted by atomic mass is 10.0.